The van der Waals surface area contributed by atoms with Gasteiger partial charge in [0.1, 0.15) is 5.82 Å². The van der Waals surface area contributed by atoms with Crippen molar-refractivity contribution in [2.75, 3.05) is 4.90 Å². The number of aromatic nitrogens is 4. The fourth-order valence-corrected chi connectivity index (χ4v) is 3.96. The highest BCUT2D eigenvalue weighted by atomic mass is 19.1. The average Bonchev–Trinajstić information content (AvgIpc) is 3.30. The molecule has 2 heterocycles. The number of nitrogens with zero attached hydrogens (tertiary/aromatic N) is 4. The van der Waals surface area contributed by atoms with Crippen LogP contribution in [0.15, 0.2) is 89.7 Å². The van der Waals surface area contributed by atoms with Crippen LogP contribution in [0, 0.1) is 12.7 Å². The third kappa shape index (κ3) is 4.46. The van der Waals surface area contributed by atoms with E-state index in [2.05, 4.69) is 15.1 Å². The van der Waals surface area contributed by atoms with Crippen molar-refractivity contribution in [1.82, 2.24) is 19.6 Å². The molecule has 5 aromatic rings. The number of benzene rings is 3. The molecule has 0 radical (unpaired) electrons. The monoisotopic (exact) mass is 467 g/mol. The van der Waals surface area contributed by atoms with E-state index in [-0.39, 0.29) is 29.4 Å². The molecule has 1 N–H and O–H groups in total. The molecule has 0 atom stereocenters. The molecule has 0 bridgehead atoms. The van der Waals surface area contributed by atoms with E-state index < -0.39 is 11.7 Å². The number of halogens is 1. The molecule has 0 saturated carbocycles. The Hall–Kier alpha value is -4.59. The lowest BCUT2D eigenvalue weighted by Gasteiger charge is -2.20. The summed E-state index contributed by atoms with van der Waals surface area (Å²) >= 11 is 0. The highest BCUT2D eigenvalue weighted by Crippen LogP contribution is 2.19. The van der Waals surface area contributed by atoms with Crippen molar-refractivity contribution in [3.05, 3.63) is 129 Å². The molecule has 0 saturated heterocycles. The Balaban J connectivity index is 1.60. The third-order valence-corrected chi connectivity index (χ3v) is 5.80. The number of carbonyl (C=O) groups excluding carboxylic acids is 1. The van der Waals surface area contributed by atoms with Crippen LogP contribution in [0.4, 0.5) is 10.3 Å². The van der Waals surface area contributed by atoms with E-state index in [1.807, 2.05) is 60.7 Å². The molecule has 3 aromatic carbocycles. The molecule has 0 aliphatic rings. The quantitative estimate of drug-likeness (QED) is 0.404. The first-order valence-electron chi connectivity index (χ1n) is 11.1. The molecular weight excluding hydrogens is 445 g/mol. The van der Waals surface area contributed by atoms with Gasteiger partial charge in [0.2, 0.25) is 5.95 Å². The first kappa shape index (κ1) is 22.2. The number of aromatic amines is 1. The van der Waals surface area contributed by atoms with Gasteiger partial charge < -0.3 is 0 Å². The Morgan fingerprint density at radius 1 is 0.914 bits per heavy atom. The number of H-pyrrole nitrogens is 1. The summed E-state index contributed by atoms with van der Waals surface area (Å²) in [6, 6.07) is 24.7. The predicted molar refractivity (Wildman–Crippen MR) is 131 cm³/mol. The van der Waals surface area contributed by atoms with Gasteiger partial charge in [-0.3, -0.25) is 19.6 Å². The number of amides is 1. The standard InChI is InChI=1S/C27H22FN5O2/c1-18-22(16-19-10-4-2-5-11-19)25(35)33-26(29-18)30-27(31-33)32(17-20-12-6-3-7-13-20)24(34)21-14-8-9-15-23(21)28/h2-15H,16-17H2,1H3,(H,29,30,31). The molecule has 5 rings (SSSR count). The zero-order valence-corrected chi connectivity index (χ0v) is 19.0. The molecule has 0 aliphatic carbocycles. The van der Waals surface area contributed by atoms with Gasteiger partial charge in [0.25, 0.3) is 17.2 Å². The van der Waals surface area contributed by atoms with Crippen molar-refractivity contribution in [3.63, 3.8) is 0 Å². The minimum absolute atomic E-state index is 0.0925. The topological polar surface area (TPSA) is 83.4 Å². The molecule has 0 fully saturated rings. The van der Waals surface area contributed by atoms with Crippen LogP contribution >= 0.6 is 0 Å². The minimum Gasteiger partial charge on any atom is -0.272 e. The maximum absolute atomic E-state index is 14.5. The second-order valence-electron chi connectivity index (χ2n) is 8.18. The van der Waals surface area contributed by atoms with E-state index in [1.165, 1.54) is 27.6 Å². The second kappa shape index (κ2) is 9.34. The fraction of sp³-hybridized carbons (Fsp3) is 0.111. The van der Waals surface area contributed by atoms with Crippen molar-refractivity contribution in [2.45, 2.75) is 19.9 Å². The van der Waals surface area contributed by atoms with Gasteiger partial charge in [-0.2, -0.15) is 9.50 Å². The number of carbonyl (C=O) groups is 1. The summed E-state index contributed by atoms with van der Waals surface area (Å²) in [5, 5.41) is 2.92. The van der Waals surface area contributed by atoms with Gasteiger partial charge in [0, 0.05) is 12.0 Å². The molecule has 7 nitrogen and oxygen atoms in total. The van der Waals surface area contributed by atoms with E-state index in [0.29, 0.717) is 17.7 Å². The Morgan fingerprint density at radius 3 is 2.23 bits per heavy atom. The average molecular weight is 468 g/mol. The van der Waals surface area contributed by atoms with Gasteiger partial charge in [-0.25, -0.2) is 9.37 Å². The molecule has 0 unspecified atom stereocenters. The van der Waals surface area contributed by atoms with Crippen molar-refractivity contribution in [2.24, 2.45) is 0 Å². The van der Waals surface area contributed by atoms with Crippen LogP contribution in [0.2, 0.25) is 0 Å². The summed E-state index contributed by atoms with van der Waals surface area (Å²) in [6.07, 6.45) is 0.414. The lowest BCUT2D eigenvalue weighted by molar-refractivity contribution is 0.0979. The molecule has 2 aromatic heterocycles. The predicted octanol–water partition coefficient (Wildman–Crippen LogP) is 4.30. The molecule has 8 heteroatoms. The molecule has 174 valence electrons. The second-order valence-corrected chi connectivity index (χ2v) is 8.18. The molecule has 0 spiro atoms. The lowest BCUT2D eigenvalue weighted by atomic mass is 10.1. The summed E-state index contributed by atoms with van der Waals surface area (Å²) in [5.41, 5.74) is 2.50. The van der Waals surface area contributed by atoms with E-state index in [9.17, 15) is 14.0 Å². The number of aryl methyl sites for hydroxylation is 1. The summed E-state index contributed by atoms with van der Waals surface area (Å²) in [4.78, 5) is 37.0. The van der Waals surface area contributed by atoms with Crippen LogP contribution in [-0.2, 0) is 13.0 Å². The summed E-state index contributed by atoms with van der Waals surface area (Å²) in [7, 11) is 0. The normalized spacial score (nSPS) is 11.0. The van der Waals surface area contributed by atoms with Gasteiger partial charge in [0.05, 0.1) is 17.8 Å². The molecule has 1 amide bonds. The summed E-state index contributed by atoms with van der Waals surface area (Å²) in [5.74, 6) is -0.982. The number of fused-ring (bicyclic) bond motifs is 1. The summed E-state index contributed by atoms with van der Waals surface area (Å²) < 4.78 is 15.7. The van der Waals surface area contributed by atoms with Gasteiger partial charge in [-0.15, -0.1) is 0 Å². The smallest absolute Gasteiger partial charge is 0.272 e. The SMILES string of the molecule is Cc1nc2nc(N(Cc3ccccc3)C(=O)c3ccccc3F)[nH]n2c(=O)c1Cc1ccccc1. The first-order valence-corrected chi connectivity index (χ1v) is 11.1. The molecular formula is C27H22FN5O2. The van der Waals surface area contributed by atoms with Crippen molar-refractivity contribution in [3.8, 4) is 0 Å². The first-order chi connectivity index (χ1) is 17.0. The summed E-state index contributed by atoms with van der Waals surface area (Å²) in [6.45, 7) is 1.89. The van der Waals surface area contributed by atoms with E-state index in [4.69, 9.17) is 0 Å². The Labute approximate surface area is 200 Å². The maximum atomic E-state index is 14.5. The van der Waals surface area contributed by atoms with Crippen LogP contribution in [0.1, 0.15) is 32.7 Å². The van der Waals surface area contributed by atoms with Crippen LogP contribution < -0.4 is 10.5 Å². The lowest BCUT2D eigenvalue weighted by Crippen LogP contribution is -2.32. The van der Waals surface area contributed by atoms with E-state index in [0.717, 1.165) is 11.1 Å². The highest BCUT2D eigenvalue weighted by Gasteiger charge is 2.25. The van der Waals surface area contributed by atoms with E-state index in [1.54, 1.807) is 13.0 Å². The van der Waals surface area contributed by atoms with Gasteiger partial charge in [0.15, 0.2) is 0 Å². The minimum atomic E-state index is -0.636. The van der Waals surface area contributed by atoms with Gasteiger partial charge >= 0.3 is 0 Å². The van der Waals surface area contributed by atoms with Crippen molar-refractivity contribution in [1.29, 1.82) is 0 Å². The van der Waals surface area contributed by atoms with E-state index >= 15 is 0 Å². The Morgan fingerprint density at radius 2 is 1.54 bits per heavy atom. The number of nitrogens with one attached hydrogen (secondary N) is 1. The zero-order chi connectivity index (χ0) is 24.4. The van der Waals surface area contributed by atoms with Gasteiger partial charge in [-0.1, -0.05) is 72.8 Å². The highest BCUT2D eigenvalue weighted by molar-refractivity contribution is 6.05. The van der Waals surface area contributed by atoms with Crippen molar-refractivity contribution >= 4 is 17.6 Å². The van der Waals surface area contributed by atoms with Crippen molar-refractivity contribution < 1.29 is 9.18 Å². The van der Waals surface area contributed by atoms with Crippen LogP contribution in [0.25, 0.3) is 5.78 Å². The molecule has 35 heavy (non-hydrogen) atoms. The largest absolute Gasteiger partial charge is 0.277 e. The maximum Gasteiger partial charge on any atom is 0.277 e. The number of hydrogen-bond donors (Lipinski definition) is 1. The number of hydrogen-bond acceptors (Lipinski definition) is 4. The van der Waals surface area contributed by atoms with Crippen LogP contribution in [0.5, 0.6) is 0 Å². The van der Waals surface area contributed by atoms with Crippen LogP contribution in [-0.4, -0.2) is 25.5 Å². The number of anilines is 1. The Kier molecular flexibility index (Phi) is 5.93. The Bertz CT molecular complexity index is 1560. The molecule has 0 aliphatic heterocycles. The fourth-order valence-electron chi connectivity index (χ4n) is 3.96. The zero-order valence-electron chi connectivity index (χ0n) is 19.0. The van der Waals surface area contributed by atoms with Crippen LogP contribution in [0.3, 0.4) is 0 Å². The third-order valence-electron chi connectivity index (χ3n) is 5.80. The number of rotatable bonds is 6. The van der Waals surface area contributed by atoms with Gasteiger partial charge in [-0.05, 0) is 30.2 Å².